The third kappa shape index (κ3) is 6.39. The second-order valence-electron chi connectivity index (χ2n) is 8.04. The Labute approximate surface area is 196 Å². The summed E-state index contributed by atoms with van der Waals surface area (Å²) in [5, 5.41) is 0. The van der Waals surface area contributed by atoms with Crippen LogP contribution in [0.2, 0.25) is 0 Å². The van der Waals surface area contributed by atoms with Crippen LogP contribution in [-0.4, -0.2) is 71.1 Å². The molecule has 1 N–H and O–H groups in total. The summed E-state index contributed by atoms with van der Waals surface area (Å²) in [7, 11) is -0.944. The molecule has 0 aliphatic carbocycles. The number of carbonyl (C=O) groups is 1. The molecular weight excluding hydrogens is 442 g/mol. The molecule has 9 heteroatoms. The minimum atomic E-state index is -3.88. The SMILES string of the molecule is CCCCN1CCCN(C(=O)c2cccc(NS(=O)(=O)c3ccc(OC)c(OC)c3)c2)CC1. The van der Waals surface area contributed by atoms with Crippen LogP contribution in [0.5, 0.6) is 11.5 Å². The molecule has 2 aromatic carbocycles. The Kier molecular flexibility index (Phi) is 8.57. The fourth-order valence-electron chi connectivity index (χ4n) is 3.88. The van der Waals surface area contributed by atoms with Gasteiger partial charge < -0.3 is 19.3 Å². The number of sulfonamides is 1. The van der Waals surface area contributed by atoms with E-state index in [9.17, 15) is 13.2 Å². The van der Waals surface area contributed by atoms with E-state index in [2.05, 4.69) is 16.5 Å². The van der Waals surface area contributed by atoms with Gasteiger partial charge in [0.25, 0.3) is 15.9 Å². The summed E-state index contributed by atoms with van der Waals surface area (Å²) in [4.78, 5) is 17.4. The standard InChI is InChI=1S/C24H33N3O5S/c1-4-5-12-26-13-7-14-27(16-15-26)24(28)19-8-6-9-20(17-19)25-33(29,30)21-10-11-22(31-2)23(18-21)32-3/h6,8-11,17-18,25H,4-5,7,12-16H2,1-3H3. The highest BCUT2D eigenvalue weighted by molar-refractivity contribution is 7.92. The van der Waals surface area contributed by atoms with E-state index in [0.29, 0.717) is 35.8 Å². The van der Waals surface area contributed by atoms with Crippen molar-refractivity contribution in [3.63, 3.8) is 0 Å². The largest absolute Gasteiger partial charge is 0.493 e. The number of hydrogen-bond donors (Lipinski definition) is 1. The Balaban J connectivity index is 1.72. The highest BCUT2D eigenvalue weighted by atomic mass is 32.2. The number of unbranched alkanes of at least 4 members (excludes halogenated alkanes) is 1. The smallest absolute Gasteiger partial charge is 0.262 e. The molecule has 1 saturated heterocycles. The van der Waals surface area contributed by atoms with E-state index >= 15 is 0 Å². The number of benzene rings is 2. The van der Waals surface area contributed by atoms with E-state index in [1.54, 1.807) is 24.3 Å². The number of amides is 1. The van der Waals surface area contributed by atoms with Crippen molar-refractivity contribution >= 4 is 21.6 Å². The number of carbonyl (C=O) groups excluding carboxylic acids is 1. The molecule has 0 unspecified atom stereocenters. The molecule has 0 aromatic heterocycles. The molecule has 0 atom stereocenters. The first-order valence-corrected chi connectivity index (χ1v) is 12.7. The molecule has 2 aromatic rings. The number of rotatable bonds is 9. The van der Waals surface area contributed by atoms with Gasteiger partial charge in [0.2, 0.25) is 0 Å². The number of nitrogens with one attached hydrogen (secondary N) is 1. The zero-order chi connectivity index (χ0) is 23.8. The average Bonchev–Trinajstić information content (AvgIpc) is 3.07. The summed E-state index contributed by atoms with van der Waals surface area (Å²) < 4.78 is 38.8. The maximum atomic E-state index is 13.1. The van der Waals surface area contributed by atoms with Gasteiger partial charge in [0.15, 0.2) is 11.5 Å². The molecule has 1 aliphatic rings. The molecule has 0 saturated carbocycles. The lowest BCUT2D eigenvalue weighted by Gasteiger charge is -2.22. The molecule has 0 radical (unpaired) electrons. The van der Waals surface area contributed by atoms with Gasteiger partial charge in [-0.15, -0.1) is 0 Å². The van der Waals surface area contributed by atoms with Crippen LogP contribution in [-0.2, 0) is 10.0 Å². The van der Waals surface area contributed by atoms with Gasteiger partial charge >= 0.3 is 0 Å². The van der Waals surface area contributed by atoms with Crippen LogP contribution in [0, 0.1) is 0 Å². The van der Waals surface area contributed by atoms with Crippen molar-refractivity contribution < 1.29 is 22.7 Å². The summed E-state index contributed by atoms with van der Waals surface area (Å²) >= 11 is 0. The molecule has 1 aliphatic heterocycles. The lowest BCUT2D eigenvalue weighted by atomic mass is 10.1. The summed E-state index contributed by atoms with van der Waals surface area (Å²) in [6.07, 6.45) is 3.25. The Morgan fingerprint density at radius 3 is 2.52 bits per heavy atom. The molecule has 1 fully saturated rings. The Hall–Kier alpha value is -2.78. The second kappa shape index (κ2) is 11.4. The number of nitrogens with zero attached hydrogens (tertiary/aromatic N) is 2. The van der Waals surface area contributed by atoms with Crippen molar-refractivity contribution in [2.75, 3.05) is 51.7 Å². The number of hydrogen-bond acceptors (Lipinski definition) is 6. The van der Waals surface area contributed by atoms with Crippen molar-refractivity contribution in [2.45, 2.75) is 31.1 Å². The maximum absolute atomic E-state index is 13.1. The molecule has 180 valence electrons. The zero-order valence-corrected chi connectivity index (χ0v) is 20.4. The van der Waals surface area contributed by atoms with Gasteiger partial charge in [-0.2, -0.15) is 0 Å². The van der Waals surface area contributed by atoms with Crippen molar-refractivity contribution in [1.82, 2.24) is 9.80 Å². The number of ether oxygens (including phenoxy) is 2. The van der Waals surface area contributed by atoms with Crippen LogP contribution < -0.4 is 14.2 Å². The molecule has 0 bridgehead atoms. The number of methoxy groups -OCH3 is 2. The summed E-state index contributed by atoms with van der Waals surface area (Å²) in [6, 6.07) is 11.0. The molecule has 3 rings (SSSR count). The van der Waals surface area contributed by atoms with Crippen LogP contribution in [0.4, 0.5) is 5.69 Å². The van der Waals surface area contributed by atoms with Crippen LogP contribution in [0.1, 0.15) is 36.5 Å². The first kappa shape index (κ1) is 24.9. The van der Waals surface area contributed by atoms with E-state index in [1.165, 1.54) is 32.4 Å². The first-order valence-electron chi connectivity index (χ1n) is 11.2. The minimum absolute atomic E-state index is 0.0385. The summed E-state index contributed by atoms with van der Waals surface area (Å²) in [5.74, 6) is 0.674. The van der Waals surface area contributed by atoms with Crippen molar-refractivity contribution in [3.8, 4) is 11.5 Å². The molecule has 8 nitrogen and oxygen atoms in total. The Morgan fingerprint density at radius 1 is 1.00 bits per heavy atom. The van der Waals surface area contributed by atoms with Gasteiger partial charge in [-0.1, -0.05) is 19.4 Å². The van der Waals surface area contributed by atoms with Crippen molar-refractivity contribution in [2.24, 2.45) is 0 Å². The van der Waals surface area contributed by atoms with Crippen LogP contribution in [0.25, 0.3) is 0 Å². The quantitative estimate of drug-likeness (QED) is 0.598. The van der Waals surface area contributed by atoms with E-state index in [1.807, 2.05) is 4.90 Å². The lowest BCUT2D eigenvalue weighted by Crippen LogP contribution is -2.35. The van der Waals surface area contributed by atoms with E-state index in [-0.39, 0.29) is 10.8 Å². The predicted molar refractivity (Wildman–Crippen MR) is 129 cm³/mol. The third-order valence-corrected chi connectivity index (χ3v) is 7.11. The highest BCUT2D eigenvalue weighted by Gasteiger charge is 2.22. The van der Waals surface area contributed by atoms with Crippen LogP contribution in [0.15, 0.2) is 47.4 Å². The fraction of sp³-hybridized carbons (Fsp3) is 0.458. The van der Waals surface area contributed by atoms with Crippen molar-refractivity contribution in [3.05, 3.63) is 48.0 Å². The molecular formula is C24H33N3O5S. The molecule has 1 amide bonds. The zero-order valence-electron chi connectivity index (χ0n) is 19.5. The van der Waals surface area contributed by atoms with Gasteiger partial charge in [-0.3, -0.25) is 9.52 Å². The van der Waals surface area contributed by atoms with Gasteiger partial charge in [0.1, 0.15) is 0 Å². The van der Waals surface area contributed by atoms with Gasteiger partial charge in [-0.25, -0.2) is 8.42 Å². The summed E-state index contributed by atoms with van der Waals surface area (Å²) in [6.45, 7) is 6.46. The first-order chi connectivity index (χ1) is 15.9. The fourth-order valence-corrected chi connectivity index (χ4v) is 4.94. The Bertz CT molecular complexity index is 1060. The lowest BCUT2D eigenvalue weighted by molar-refractivity contribution is 0.0761. The van der Waals surface area contributed by atoms with E-state index < -0.39 is 10.0 Å². The average molecular weight is 476 g/mol. The second-order valence-corrected chi connectivity index (χ2v) is 9.73. The maximum Gasteiger partial charge on any atom is 0.262 e. The van der Waals surface area contributed by atoms with Gasteiger partial charge in [0.05, 0.1) is 19.1 Å². The normalized spacial score (nSPS) is 15.1. The van der Waals surface area contributed by atoms with Crippen LogP contribution >= 0.6 is 0 Å². The topological polar surface area (TPSA) is 88.2 Å². The highest BCUT2D eigenvalue weighted by Crippen LogP contribution is 2.30. The number of anilines is 1. The van der Waals surface area contributed by atoms with Gasteiger partial charge in [-0.05, 0) is 56.3 Å². The third-order valence-electron chi connectivity index (χ3n) is 5.73. The predicted octanol–water partition coefficient (Wildman–Crippen LogP) is 3.45. The minimum Gasteiger partial charge on any atom is -0.493 e. The summed E-state index contributed by atoms with van der Waals surface area (Å²) in [5.41, 5.74) is 0.791. The van der Waals surface area contributed by atoms with Crippen LogP contribution in [0.3, 0.4) is 0 Å². The monoisotopic (exact) mass is 475 g/mol. The van der Waals surface area contributed by atoms with Crippen molar-refractivity contribution in [1.29, 1.82) is 0 Å². The Morgan fingerprint density at radius 2 is 1.79 bits per heavy atom. The van der Waals surface area contributed by atoms with E-state index in [4.69, 9.17) is 9.47 Å². The van der Waals surface area contributed by atoms with E-state index in [0.717, 1.165) is 38.9 Å². The molecule has 33 heavy (non-hydrogen) atoms. The van der Waals surface area contributed by atoms with Gasteiger partial charge in [0, 0.05) is 37.0 Å². The molecule has 1 heterocycles. The molecule has 0 spiro atoms.